The Morgan fingerprint density at radius 2 is 1.75 bits per heavy atom. The Morgan fingerprint density at radius 1 is 1.25 bits per heavy atom. The van der Waals surface area contributed by atoms with Crippen LogP contribution in [0.3, 0.4) is 0 Å². The molecule has 0 aliphatic carbocycles. The van der Waals surface area contributed by atoms with E-state index in [1.54, 1.807) is 0 Å². The molecule has 0 unspecified atom stereocenters. The van der Waals surface area contributed by atoms with Crippen LogP contribution < -0.4 is 11.5 Å². The molecular weight excluding hydrogens is 202 g/mol. The Balaban J connectivity index is 2.58. The third-order valence-electron chi connectivity index (χ3n) is 3.88. The summed E-state index contributed by atoms with van der Waals surface area (Å²) in [6.45, 7) is 6.35. The van der Waals surface area contributed by atoms with Gasteiger partial charge in [0.25, 0.3) is 0 Å². The summed E-state index contributed by atoms with van der Waals surface area (Å²) < 4.78 is 0. The maximum Gasteiger partial charge on any atom is 0.215 e. The van der Waals surface area contributed by atoms with Crippen molar-refractivity contribution in [2.75, 3.05) is 13.1 Å². The Bertz CT molecular complexity index is 270. The Labute approximate surface area is 97.4 Å². The van der Waals surface area contributed by atoms with Crippen LogP contribution in [-0.4, -0.2) is 29.9 Å². The number of rotatable bonds is 2. The number of aliphatic imine (C=N–C) groups is 1. The van der Waals surface area contributed by atoms with Gasteiger partial charge < -0.3 is 16.4 Å². The van der Waals surface area contributed by atoms with Crippen molar-refractivity contribution in [3.05, 3.63) is 0 Å². The molecule has 1 aliphatic rings. The van der Waals surface area contributed by atoms with Gasteiger partial charge in [-0.2, -0.15) is 4.99 Å². The van der Waals surface area contributed by atoms with E-state index in [0.29, 0.717) is 11.4 Å². The molecule has 0 spiro atoms. The van der Waals surface area contributed by atoms with E-state index < -0.39 is 0 Å². The smallest absolute Gasteiger partial charge is 0.215 e. The number of hydrogen-bond donors (Lipinski definition) is 3. The van der Waals surface area contributed by atoms with Gasteiger partial charge in [0.15, 0.2) is 5.96 Å². The molecule has 16 heavy (non-hydrogen) atoms. The highest BCUT2D eigenvalue weighted by molar-refractivity contribution is 5.91. The summed E-state index contributed by atoms with van der Waals surface area (Å²) in [6, 6.07) is 0. The van der Waals surface area contributed by atoms with Crippen LogP contribution in [0.25, 0.3) is 0 Å². The van der Waals surface area contributed by atoms with E-state index in [-0.39, 0.29) is 5.96 Å². The predicted molar refractivity (Wildman–Crippen MR) is 67.4 cm³/mol. The first-order chi connectivity index (χ1) is 7.53. The van der Waals surface area contributed by atoms with Crippen molar-refractivity contribution in [1.29, 1.82) is 5.41 Å². The molecule has 1 heterocycles. The SMILES string of the molecule is CCC1(CC)CCN(/C(N)=N/C(=N)N)CC1. The number of hydrogen-bond acceptors (Lipinski definition) is 1. The third-order valence-corrected chi connectivity index (χ3v) is 3.88. The van der Waals surface area contributed by atoms with Crippen molar-refractivity contribution in [2.45, 2.75) is 39.5 Å². The number of nitrogens with two attached hydrogens (primary N) is 2. The molecule has 1 aliphatic heterocycles. The summed E-state index contributed by atoms with van der Waals surface area (Å²) in [4.78, 5) is 5.80. The van der Waals surface area contributed by atoms with Crippen molar-refractivity contribution < 1.29 is 0 Å². The molecule has 0 aromatic carbocycles. The van der Waals surface area contributed by atoms with E-state index in [1.165, 1.54) is 12.8 Å². The van der Waals surface area contributed by atoms with Gasteiger partial charge in [-0.1, -0.05) is 26.7 Å². The number of likely N-dealkylation sites (tertiary alicyclic amines) is 1. The highest BCUT2D eigenvalue weighted by Gasteiger charge is 2.31. The maximum atomic E-state index is 7.08. The van der Waals surface area contributed by atoms with Gasteiger partial charge in [0.2, 0.25) is 5.96 Å². The quantitative estimate of drug-likeness (QED) is 0.485. The van der Waals surface area contributed by atoms with E-state index >= 15 is 0 Å². The Morgan fingerprint density at radius 3 is 2.12 bits per heavy atom. The van der Waals surface area contributed by atoms with Crippen LogP contribution in [-0.2, 0) is 0 Å². The van der Waals surface area contributed by atoms with Gasteiger partial charge in [-0.3, -0.25) is 5.41 Å². The average Bonchev–Trinajstić information content (AvgIpc) is 2.28. The molecule has 1 saturated heterocycles. The van der Waals surface area contributed by atoms with Gasteiger partial charge in [-0.25, -0.2) is 0 Å². The zero-order chi connectivity index (χ0) is 12.2. The minimum absolute atomic E-state index is 0.222. The van der Waals surface area contributed by atoms with Gasteiger partial charge in [0.05, 0.1) is 0 Å². The summed E-state index contributed by atoms with van der Waals surface area (Å²) in [7, 11) is 0. The zero-order valence-corrected chi connectivity index (χ0v) is 10.3. The van der Waals surface area contributed by atoms with Gasteiger partial charge in [0.1, 0.15) is 0 Å². The lowest BCUT2D eigenvalue weighted by Crippen LogP contribution is -2.46. The second-order valence-electron chi connectivity index (χ2n) is 4.55. The standard InChI is InChI=1S/C11H23N5/c1-3-11(4-2)5-7-16(8-6-11)10(14)15-9(12)13/h3-8H2,1-2H3,(H5,12,13,14,15). The van der Waals surface area contributed by atoms with Crippen LogP contribution in [0.1, 0.15) is 39.5 Å². The van der Waals surface area contributed by atoms with Crippen LogP contribution in [0.5, 0.6) is 0 Å². The number of nitrogens with one attached hydrogen (secondary N) is 1. The fourth-order valence-electron chi connectivity index (χ4n) is 2.36. The van der Waals surface area contributed by atoms with E-state index in [1.807, 2.05) is 4.90 Å². The Hall–Kier alpha value is -1.26. The van der Waals surface area contributed by atoms with Gasteiger partial charge in [-0.15, -0.1) is 0 Å². The van der Waals surface area contributed by atoms with Gasteiger partial charge in [-0.05, 0) is 18.3 Å². The third kappa shape index (κ3) is 2.87. The van der Waals surface area contributed by atoms with Gasteiger partial charge >= 0.3 is 0 Å². The summed E-state index contributed by atoms with van der Waals surface area (Å²) in [6.07, 6.45) is 4.74. The molecule has 0 saturated carbocycles. The second-order valence-corrected chi connectivity index (χ2v) is 4.55. The summed E-state index contributed by atoms with van der Waals surface area (Å²) in [5, 5.41) is 7.08. The molecule has 0 aromatic rings. The van der Waals surface area contributed by atoms with E-state index in [9.17, 15) is 0 Å². The molecule has 0 aromatic heterocycles. The lowest BCUT2D eigenvalue weighted by atomic mass is 9.74. The molecule has 0 amide bonds. The molecule has 5 heteroatoms. The van der Waals surface area contributed by atoms with E-state index in [0.717, 1.165) is 25.9 Å². The van der Waals surface area contributed by atoms with Crippen LogP contribution in [0.15, 0.2) is 4.99 Å². The molecular formula is C11H23N5. The summed E-state index contributed by atoms with van der Waals surface area (Å²) in [5.41, 5.74) is 11.4. The molecule has 0 atom stereocenters. The van der Waals surface area contributed by atoms with E-state index in [4.69, 9.17) is 16.9 Å². The first kappa shape index (κ1) is 12.8. The molecule has 92 valence electrons. The van der Waals surface area contributed by atoms with Crippen molar-refractivity contribution >= 4 is 11.9 Å². The van der Waals surface area contributed by atoms with Crippen LogP contribution in [0, 0.1) is 10.8 Å². The molecule has 1 rings (SSSR count). The minimum Gasteiger partial charge on any atom is -0.369 e. The highest BCUT2D eigenvalue weighted by Crippen LogP contribution is 2.37. The maximum absolute atomic E-state index is 7.08. The van der Waals surface area contributed by atoms with Crippen LogP contribution in [0.4, 0.5) is 0 Å². The van der Waals surface area contributed by atoms with E-state index in [2.05, 4.69) is 18.8 Å². The summed E-state index contributed by atoms with van der Waals surface area (Å²) >= 11 is 0. The minimum atomic E-state index is -0.222. The van der Waals surface area contributed by atoms with Crippen molar-refractivity contribution in [2.24, 2.45) is 21.9 Å². The average molecular weight is 225 g/mol. The van der Waals surface area contributed by atoms with Crippen molar-refractivity contribution in [3.8, 4) is 0 Å². The van der Waals surface area contributed by atoms with Crippen molar-refractivity contribution in [1.82, 2.24) is 4.90 Å². The number of nitrogens with zero attached hydrogens (tertiary/aromatic N) is 2. The lowest BCUT2D eigenvalue weighted by Gasteiger charge is -2.41. The summed E-state index contributed by atoms with van der Waals surface area (Å²) in [5.74, 6) is 0.161. The molecule has 1 fully saturated rings. The number of piperidine rings is 1. The monoisotopic (exact) mass is 225 g/mol. The first-order valence-electron chi connectivity index (χ1n) is 5.96. The second kappa shape index (κ2) is 5.18. The number of guanidine groups is 2. The largest absolute Gasteiger partial charge is 0.369 e. The van der Waals surface area contributed by atoms with Crippen LogP contribution >= 0.6 is 0 Å². The normalized spacial score (nSPS) is 20.9. The fraction of sp³-hybridized carbons (Fsp3) is 0.818. The molecule has 0 bridgehead atoms. The van der Waals surface area contributed by atoms with Crippen molar-refractivity contribution in [3.63, 3.8) is 0 Å². The predicted octanol–water partition coefficient (Wildman–Crippen LogP) is 1.10. The first-order valence-corrected chi connectivity index (χ1v) is 5.96. The lowest BCUT2D eigenvalue weighted by molar-refractivity contribution is 0.135. The van der Waals surface area contributed by atoms with Gasteiger partial charge in [0, 0.05) is 13.1 Å². The molecule has 5 nitrogen and oxygen atoms in total. The molecule has 0 radical (unpaired) electrons. The highest BCUT2D eigenvalue weighted by atomic mass is 15.3. The molecule has 5 N–H and O–H groups in total. The Kier molecular flexibility index (Phi) is 4.15. The van der Waals surface area contributed by atoms with Crippen LogP contribution in [0.2, 0.25) is 0 Å². The zero-order valence-electron chi connectivity index (χ0n) is 10.3. The fourth-order valence-corrected chi connectivity index (χ4v) is 2.36. The topological polar surface area (TPSA) is 91.5 Å².